The standard InChI is InChI=1S/C27H38N2O5/c1-16(2)18-12-22(20(8-10-32-5)24(28)14-18)26(30)29-25-15-19(17(3)4)13-23(27(31)34-7)21(25)9-11-33-6/h12-17H,8-11,28H2,1-7H3,(H,29,30). The number of amides is 1. The van der Waals surface area contributed by atoms with Gasteiger partial charge in [-0.25, -0.2) is 4.79 Å². The zero-order valence-electron chi connectivity index (χ0n) is 21.4. The summed E-state index contributed by atoms with van der Waals surface area (Å²) >= 11 is 0. The monoisotopic (exact) mass is 470 g/mol. The predicted molar refractivity (Wildman–Crippen MR) is 136 cm³/mol. The summed E-state index contributed by atoms with van der Waals surface area (Å²) in [7, 11) is 4.57. The van der Waals surface area contributed by atoms with Gasteiger partial charge < -0.3 is 25.3 Å². The van der Waals surface area contributed by atoms with Gasteiger partial charge in [0.15, 0.2) is 0 Å². The molecule has 0 aromatic heterocycles. The number of carbonyl (C=O) groups is 2. The maximum Gasteiger partial charge on any atom is 0.338 e. The van der Waals surface area contributed by atoms with Crippen LogP contribution in [0.1, 0.15) is 82.5 Å². The van der Waals surface area contributed by atoms with Gasteiger partial charge in [-0.1, -0.05) is 27.7 Å². The van der Waals surface area contributed by atoms with Crippen LogP contribution < -0.4 is 11.1 Å². The molecule has 2 rings (SSSR count). The van der Waals surface area contributed by atoms with Gasteiger partial charge in [0, 0.05) is 31.2 Å². The molecule has 1 amide bonds. The van der Waals surface area contributed by atoms with Crippen molar-refractivity contribution in [1.82, 2.24) is 0 Å². The maximum absolute atomic E-state index is 13.6. The van der Waals surface area contributed by atoms with E-state index in [1.165, 1.54) is 7.11 Å². The van der Waals surface area contributed by atoms with E-state index >= 15 is 0 Å². The molecule has 186 valence electrons. The largest absolute Gasteiger partial charge is 0.465 e. The number of nitrogen functional groups attached to an aromatic ring is 1. The van der Waals surface area contributed by atoms with Gasteiger partial charge in [-0.3, -0.25) is 4.79 Å². The van der Waals surface area contributed by atoms with E-state index in [4.69, 9.17) is 19.9 Å². The first kappa shape index (κ1) is 27.3. The summed E-state index contributed by atoms with van der Waals surface area (Å²) in [6, 6.07) is 7.57. The Morgan fingerprint density at radius 1 is 0.824 bits per heavy atom. The van der Waals surface area contributed by atoms with Crippen molar-refractivity contribution in [2.45, 2.75) is 52.4 Å². The fourth-order valence-electron chi connectivity index (χ4n) is 3.83. The highest BCUT2D eigenvalue weighted by atomic mass is 16.5. The second-order valence-electron chi connectivity index (χ2n) is 8.97. The van der Waals surface area contributed by atoms with Crippen LogP contribution in [0.5, 0.6) is 0 Å². The van der Waals surface area contributed by atoms with E-state index in [0.717, 1.165) is 16.7 Å². The van der Waals surface area contributed by atoms with Crippen LogP contribution in [-0.4, -0.2) is 46.4 Å². The first-order chi connectivity index (χ1) is 16.1. The lowest BCUT2D eigenvalue weighted by Crippen LogP contribution is -2.20. The average Bonchev–Trinajstić information content (AvgIpc) is 2.80. The van der Waals surface area contributed by atoms with Crippen LogP contribution in [0.15, 0.2) is 24.3 Å². The Kier molecular flexibility index (Phi) is 10.1. The number of methoxy groups -OCH3 is 3. The first-order valence-corrected chi connectivity index (χ1v) is 11.6. The van der Waals surface area contributed by atoms with Gasteiger partial charge in [-0.05, 0) is 71.2 Å². The molecule has 0 heterocycles. The molecular formula is C27H38N2O5. The Balaban J connectivity index is 2.64. The molecule has 34 heavy (non-hydrogen) atoms. The van der Waals surface area contributed by atoms with E-state index < -0.39 is 5.97 Å². The minimum atomic E-state index is -0.448. The first-order valence-electron chi connectivity index (χ1n) is 11.6. The van der Waals surface area contributed by atoms with Gasteiger partial charge in [0.2, 0.25) is 0 Å². The topological polar surface area (TPSA) is 99.9 Å². The highest BCUT2D eigenvalue weighted by molar-refractivity contribution is 6.07. The predicted octanol–water partition coefficient (Wildman–Crippen LogP) is 4.93. The summed E-state index contributed by atoms with van der Waals surface area (Å²) < 4.78 is 15.5. The number of anilines is 2. The molecule has 0 saturated heterocycles. The van der Waals surface area contributed by atoms with Gasteiger partial charge in [0.05, 0.1) is 25.9 Å². The van der Waals surface area contributed by atoms with E-state index in [2.05, 4.69) is 19.2 Å². The van der Waals surface area contributed by atoms with Crippen molar-refractivity contribution < 1.29 is 23.8 Å². The van der Waals surface area contributed by atoms with Crippen molar-refractivity contribution >= 4 is 23.3 Å². The van der Waals surface area contributed by atoms with Crippen molar-refractivity contribution in [3.63, 3.8) is 0 Å². The third-order valence-electron chi connectivity index (χ3n) is 5.92. The highest BCUT2D eigenvalue weighted by Crippen LogP contribution is 2.31. The minimum Gasteiger partial charge on any atom is -0.465 e. The molecule has 0 unspecified atom stereocenters. The van der Waals surface area contributed by atoms with Gasteiger partial charge in [0.25, 0.3) is 5.91 Å². The molecule has 0 aliphatic carbocycles. The van der Waals surface area contributed by atoms with Crippen LogP contribution in [0.3, 0.4) is 0 Å². The second-order valence-corrected chi connectivity index (χ2v) is 8.97. The summed E-state index contributed by atoms with van der Waals surface area (Å²) in [5, 5.41) is 3.06. The fraction of sp³-hybridized carbons (Fsp3) is 0.481. The SMILES string of the molecule is COCCc1c(N)cc(C(C)C)cc1C(=O)Nc1cc(C(C)C)cc(C(=O)OC)c1CCOC. The van der Waals surface area contributed by atoms with Crippen molar-refractivity contribution in [2.24, 2.45) is 0 Å². The van der Waals surface area contributed by atoms with Crippen molar-refractivity contribution in [1.29, 1.82) is 0 Å². The molecule has 0 aliphatic rings. The third-order valence-corrected chi connectivity index (χ3v) is 5.92. The van der Waals surface area contributed by atoms with Crippen LogP contribution in [0.2, 0.25) is 0 Å². The quantitative estimate of drug-likeness (QED) is 0.357. The summed E-state index contributed by atoms with van der Waals surface area (Å²) in [6.07, 6.45) is 0.957. The van der Waals surface area contributed by atoms with Crippen molar-refractivity contribution in [2.75, 3.05) is 45.6 Å². The Labute approximate surface area is 203 Å². The van der Waals surface area contributed by atoms with E-state index in [-0.39, 0.29) is 17.7 Å². The van der Waals surface area contributed by atoms with Gasteiger partial charge >= 0.3 is 5.97 Å². The molecule has 7 nitrogen and oxygen atoms in total. The zero-order chi connectivity index (χ0) is 25.4. The molecule has 0 spiro atoms. The van der Waals surface area contributed by atoms with Crippen LogP contribution in [0, 0.1) is 0 Å². The zero-order valence-corrected chi connectivity index (χ0v) is 21.4. The van der Waals surface area contributed by atoms with Crippen LogP contribution in [0.25, 0.3) is 0 Å². The minimum absolute atomic E-state index is 0.146. The lowest BCUT2D eigenvalue weighted by Gasteiger charge is -2.20. The molecule has 0 saturated carbocycles. The lowest BCUT2D eigenvalue weighted by molar-refractivity contribution is 0.0598. The molecule has 0 radical (unpaired) electrons. The van der Waals surface area contributed by atoms with Gasteiger partial charge in [0.1, 0.15) is 0 Å². The summed E-state index contributed by atoms with van der Waals surface area (Å²) in [5.41, 5.74) is 11.8. The van der Waals surface area contributed by atoms with Crippen LogP contribution in [-0.2, 0) is 27.1 Å². The number of rotatable bonds is 11. The third kappa shape index (κ3) is 6.58. The Morgan fingerprint density at radius 2 is 1.35 bits per heavy atom. The molecule has 0 atom stereocenters. The Morgan fingerprint density at radius 3 is 1.88 bits per heavy atom. The normalized spacial score (nSPS) is 11.2. The molecule has 7 heteroatoms. The van der Waals surface area contributed by atoms with Crippen LogP contribution >= 0.6 is 0 Å². The molecule has 0 aliphatic heterocycles. The smallest absolute Gasteiger partial charge is 0.338 e. The van der Waals surface area contributed by atoms with E-state index in [0.29, 0.717) is 54.1 Å². The number of hydrogen-bond donors (Lipinski definition) is 2. The van der Waals surface area contributed by atoms with E-state index in [1.807, 2.05) is 38.1 Å². The van der Waals surface area contributed by atoms with E-state index in [1.54, 1.807) is 14.2 Å². The molecule has 0 fully saturated rings. The molecule has 2 aromatic carbocycles. The molecule has 2 aromatic rings. The highest BCUT2D eigenvalue weighted by Gasteiger charge is 2.22. The number of hydrogen-bond acceptors (Lipinski definition) is 6. The molecule has 3 N–H and O–H groups in total. The maximum atomic E-state index is 13.6. The Hall–Kier alpha value is -2.90. The number of carbonyl (C=O) groups excluding carboxylic acids is 2. The average molecular weight is 471 g/mol. The number of esters is 1. The molecular weight excluding hydrogens is 432 g/mol. The summed E-state index contributed by atoms with van der Waals surface area (Å²) in [4.78, 5) is 26.2. The molecule has 0 bridgehead atoms. The van der Waals surface area contributed by atoms with Crippen molar-refractivity contribution in [3.8, 4) is 0 Å². The number of benzene rings is 2. The van der Waals surface area contributed by atoms with Gasteiger partial charge in [-0.2, -0.15) is 0 Å². The summed E-state index contributed by atoms with van der Waals surface area (Å²) in [6.45, 7) is 9.02. The van der Waals surface area contributed by atoms with Crippen LogP contribution in [0.4, 0.5) is 11.4 Å². The van der Waals surface area contributed by atoms with E-state index in [9.17, 15) is 9.59 Å². The summed E-state index contributed by atoms with van der Waals surface area (Å²) in [5.74, 6) is -0.378. The van der Waals surface area contributed by atoms with Crippen molar-refractivity contribution in [3.05, 3.63) is 57.6 Å². The lowest BCUT2D eigenvalue weighted by atomic mass is 9.92. The fourth-order valence-corrected chi connectivity index (χ4v) is 3.83. The second kappa shape index (κ2) is 12.5. The number of nitrogens with one attached hydrogen (secondary N) is 1. The number of nitrogens with two attached hydrogens (primary N) is 1. The number of ether oxygens (including phenoxy) is 3. The Bertz CT molecular complexity index is 1010. The van der Waals surface area contributed by atoms with Gasteiger partial charge in [-0.15, -0.1) is 0 Å².